The summed E-state index contributed by atoms with van der Waals surface area (Å²) in [6.07, 6.45) is 5.68. The van der Waals surface area contributed by atoms with Crippen LogP contribution in [0.15, 0.2) is 24.5 Å². The molecule has 1 aliphatic heterocycles. The molecule has 1 N–H and O–H groups in total. The molecule has 0 aromatic carbocycles. The predicted molar refractivity (Wildman–Crippen MR) is 103 cm³/mol. The van der Waals surface area contributed by atoms with Crippen molar-refractivity contribution in [3.05, 3.63) is 47.0 Å². The summed E-state index contributed by atoms with van der Waals surface area (Å²) in [6, 6.07) is 3.80. The third-order valence-electron chi connectivity index (χ3n) is 5.11. The number of nitrogens with zero attached hydrogens (tertiary/aromatic N) is 4. The van der Waals surface area contributed by atoms with Gasteiger partial charge < -0.3 is 15.0 Å². The lowest BCUT2D eigenvalue weighted by Gasteiger charge is -2.26. The van der Waals surface area contributed by atoms with Crippen molar-refractivity contribution < 1.29 is 9.53 Å². The normalized spacial score (nSPS) is 16.5. The molecule has 2 aromatic rings. The second-order valence-corrected chi connectivity index (χ2v) is 6.99. The molecule has 1 aliphatic rings. The number of aryl methyl sites for hydroxylation is 2. The first kappa shape index (κ1) is 19.4. The molecule has 2 amide bonds. The quantitative estimate of drug-likeness (QED) is 0.812. The van der Waals surface area contributed by atoms with E-state index in [4.69, 9.17) is 4.74 Å². The van der Waals surface area contributed by atoms with Gasteiger partial charge >= 0.3 is 6.03 Å². The zero-order valence-electron chi connectivity index (χ0n) is 16.4. The number of amides is 2. The summed E-state index contributed by atoms with van der Waals surface area (Å²) < 4.78 is 7.71. The fourth-order valence-corrected chi connectivity index (χ4v) is 3.54. The standard InChI is InChI=1S/C20H29N5O2/c1-4-25-16(3)19(15(2)23-25)12-22-20(26)24(14-18-6-5-11-27-18)13-17-7-9-21-10-8-17/h7-10,18H,4-6,11-14H2,1-3H3,(H,22,26). The van der Waals surface area contributed by atoms with Crippen LogP contribution in [0.1, 0.15) is 42.3 Å². The monoisotopic (exact) mass is 371 g/mol. The molecular weight excluding hydrogens is 342 g/mol. The zero-order valence-corrected chi connectivity index (χ0v) is 16.4. The van der Waals surface area contributed by atoms with E-state index in [-0.39, 0.29) is 12.1 Å². The average Bonchev–Trinajstić information content (AvgIpc) is 3.28. The van der Waals surface area contributed by atoms with E-state index < -0.39 is 0 Å². The third kappa shape index (κ3) is 4.86. The molecule has 0 spiro atoms. The highest BCUT2D eigenvalue weighted by atomic mass is 16.5. The maximum Gasteiger partial charge on any atom is 0.318 e. The van der Waals surface area contributed by atoms with Crippen LogP contribution in [0.5, 0.6) is 0 Å². The van der Waals surface area contributed by atoms with Crippen molar-refractivity contribution >= 4 is 6.03 Å². The molecule has 27 heavy (non-hydrogen) atoms. The van der Waals surface area contributed by atoms with Crippen LogP contribution in [-0.4, -0.2) is 45.0 Å². The van der Waals surface area contributed by atoms with Gasteiger partial charge in [-0.1, -0.05) is 0 Å². The lowest BCUT2D eigenvalue weighted by molar-refractivity contribution is 0.0794. The maximum absolute atomic E-state index is 12.9. The number of carbonyl (C=O) groups excluding carboxylic acids is 1. The lowest BCUT2D eigenvalue weighted by Crippen LogP contribution is -2.43. The molecule has 0 saturated carbocycles. The molecule has 3 heterocycles. The Balaban J connectivity index is 1.67. The highest BCUT2D eigenvalue weighted by Gasteiger charge is 2.23. The van der Waals surface area contributed by atoms with Crippen LogP contribution in [0.2, 0.25) is 0 Å². The number of rotatable bonds is 7. The number of hydrogen-bond acceptors (Lipinski definition) is 4. The Hall–Kier alpha value is -2.41. The summed E-state index contributed by atoms with van der Waals surface area (Å²) >= 11 is 0. The Morgan fingerprint density at radius 2 is 2.15 bits per heavy atom. The van der Waals surface area contributed by atoms with Crippen LogP contribution in [-0.2, 0) is 24.4 Å². The largest absolute Gasteiger partial charge is 0.376 e. The highest BCUT2D eigenvalue weighted by molar-refractivity contribution is 5.74. The van der Waals surface area contributed by atoms with Crippen molar-refractivity contribution in [3.8, 4) is 0 Å². The van der Waals surface area contributed by atoms with Gasteiger partial charge in [-0.15, -0.1) is 0 Å². The SMILES string of the molecule is CCn1nc(C)c(CNC(=O)N(Cc2ccncc2)CC2CCCO2)c1C. The second kappa shape index (κ2) is 8.99. The summed E-state index contributed by atoms with van der Waals surface area (Å²) in [4.78, 5) is 18.8. The Morgan fingerprint density at radius 1 is 1.37 bits per heavy atom. The van der Waals surface area contributed by atoms with E-state index in [0.29, 0.717) is 19.6 Å². The van der Waals surface area contributed by atoms with Crippen LogP contribution < -0.4 is 5.32 Å². The molecule has 7 heteroatoms. The van der Waals surface area contributed by atoms with Gasteiger partial charge in [0, 0.05) is 56.4 Å². The molecular formula is C20H29N5O2. The fourth-order valence-electron chi connectivity index (χ4n) is 3.54. The molecule has 3 rings (SSSR count). The maximum atomic E-state index is 12.9. The van der Waals surface area contributed by atoms with E-state index in [1.54, 1.807) is 12.4 Å². The van der Waals surface area contributed by atoms with Gasteiger partial charge in [-0.3, -0.25) is 9.67 Å². The molecule has 1 fully saturated rings. The summed E-state index contributed by atoms with van der Waals surface area (Å²) in [5.41, 5.74) is 4.22. The predicted octanol–water partition coefficient (Wildman–Crippen LogP) is 2.81. The van der Waals surface area contributed by atoms with Crippen molar-refractivity contribution in [1.29, 1.82) is 0 Å². The smallest absolute Gasteiger partial charge is 0.318 e. The zero-order chi connectivity index (χ0) is 19.2. The first-order valence-electron chi connectivity index (χ1n) is 9.64. The number of pyridine rings is 1. The molecule has 1 unspecified atom stereocenters. The van der Waals surface area contributed by atoms with Crippen molar-refractivity contribution in [3.63, 3.8) is 0 Å². The average molecular weight is 371 g/mol. The van der Waals surface area contributed by atoms with E-state index in [0.717, 1.165) is 48.5 Å². The topological polar surface area (TPSA) is 72.3 Å². The van der Waals surface area contributed by atoms with Gasteiger partial charge in [-0.2, -0.15) is 5.10 Å². The minimum absolute atomic E-state index is 0.0784. The number of hydrogen-bond donors (Lipinski definition) is 1. The Morgan fingerprint density at radius 3 is 2.78 bits per heavy atom. The van der Waals surface area contributed by atoms with Crippen molar-refractivity contribution in [1.82, 2.24) is 25.0 Å². The van der Waals surface area contributed by atoms with E-state index in [1.807, 2.05) is 35.6 Å². The Labute approximate surface area is 160 Å². The summed E-state index contributed by atoms with van der Waals surface area (Å²) in [5.74, 6) is 0. The Bertz CT molecular complexity index is 753. The molecule has 0 radical (unpaired) electrons. The van der Waals surface area contributed by atoms with E-state index in [9.17, 15) is 4.79 Å². The van der Waals surface area contributed by atoms with E-state index in [2.05, 4.69) is 22.3 Å². The van der Waals surface area contributed by atoms with Gasteiger partial charge in [0.15, 0.2) is 0 Å². The van der Waals surface area contributed by atoms with Crippen LogP contribution in [0.3, 0.4) is 0 Å². The third-order valence-corrected chi connectivity index (χ3v) is 5.11. The molecule has 2 aromatic heterocycles. The van der Waals surface area contributed by atoms with E-state index >= 15 is 0 Å². The molecule has 0 bridgehead atoms. The van der Waals surface area contributed by atoms with Gasteiger partial charge in [-0.25, -0.2) is 4.79 Å². The van der Waals surface area contributed by atoms with E-state index in [1.165, 1.54) is 0 Å². The van der Waals surface area contributed by atoms with Crippen LogP contribution in [0.4, 0.5) is 4.79 Å². The second-order valence-electron chi connectivity index (χ2n) is 6.99. The number of ether oxygens (including phenoxy) is 1. The van der Waals surface area contributed by atoms with Gasteiger partial charge in [-0.05, 0) is 51.3 Å². The van der Waals surface area contributed by atoms with Crippen molar-refractivity contribution in [2.75, 3.05) is 13.2 Å². The summed E-state index contributed by atoms with van der Waals surface area (Å²) in [5, 5.41) is 7.60. The number of aromatic nitrogens is 3. The summed E-state index contributed by atoms with van der Waals surface area (Å²) in [7, 11) is 0. The highest BCUT2D eigenvalue weighted by Crippen LogP contribution is 2.16. The lowest BCUT2D eigenvalue weighted by atomic mass is 10.2. The van der Waals surface area contributed by atoms with Gasteiger partial charge in [0.25, 0.3) is 0 Å². The van der Waals surface area contributed by atoms with Crippen LogP contribution in [0.25, 0.3) is 0 Å². The minimum atomic E-state index is -0.0784. The number of urea groups is 1. The fraction of sp³-hybridized carbons (Fsp3) is 0.550. The van der Waals surface area contributed by atoms with Crippen LogP contribution in [0, 0.1) is 13.8 Å². The number of carbonyl (C=O) groups is 1. The van der Waals surface area contributed by atoms with Crippen molar-refractivity contribution in [2.45, 2.75) is 59.4 Å². The molecule has 7 nitrogen and oxygen atoms in total. The summed E-state index contributed by atoms with van der Waals surface area (Å²) in [6.45, 7) is 9.33. The molecule has 1 atom stereocenters. The first-order valence-corrected chi connectivity index (χ1v) is 9.64. The minimum Gasteiger partial charge on any atom is -0.376 e. The molecule has 146 valence electrons. The Kier molecular flexibility index (Phi) is 6.45. The molecule has 1 saturated heterocycles. The first-order chi connectivity index (χ1) is 13.1. The van der Waals surface area contributed by atoms with Gasteiger partial charge in [0.1, 0.15) is 0 Å². The van der Waals surface area contributed by atoms with Gasteiger partial charge in [0.05, 0.1) is 11.8 Å². The van der Waals surface area contributed by atoms with Crippen LogP contribution >= 0.6 is 0 Å². The van der Waals surface area contributed by atoms with Crippen molar-refractivity contribution in [2.24, 2.45) is 0 Å². The number of nitrogens with one attached hydrogen (secondary N) is 1. The molecule has 0 aliphatic carbocycles. The van der Waals surface area contributed by atoms with Gasteiger partial charge in [0.2, 0.25) is 0 Å².